The van der Waals surface area contributed by atoms with Crippen LogP contribution < -0.4 is 15.8 Å². The second-order valence-electron chi connectivity index (χ2n) is 11.4. The Bertz CT molecular complexity index is 1980. The van der Waals surface area contributed by atoms with E-state index in [-0.39, 0.29) is 40.7 Å². The topological polar surface area (TPSA) is 101 Å². The molecule has 2 heterocycles. The maximum Gasteiger partial charge on any atom is 0.417 e. The number of aliphatic carboxylic acids is 1. The Hall–Kier alpha value is -4.99. The van der Waals surface area contributed by atoms with E-state index in [1.807, 2.05) is 5.32 Å². The minimum absolute atomic E-state index is 0.0659. The molecule has 1 aromatic heterocycles. The Labute approximate surface area is 272 Å². The highest BCUT2D eigenvalue weighted by Crippen LogP contribution is 2.39. The fourth-order valence-corrected chi connectivity index (χ4v) is 5.84. The van der Waals surface area contributed by atoms with Gasteiger partial charge < -0.3 is 24.6 Å². The number of ether oxygens (including phenoxy) is 1. The van der Waals surface area contributed by atoms with Crippen molar-refractivity contribution >= 4 is 28.3 Å². The Balaban J connectivity index is 1.48. The van der Waals surface area contributed by atoms with Gasteiger partial charge in [0.1, 0.15) is 29.3 Å². The predicted octanol–water partition coefficient (Wildman–Crippen LogP) is 6.00. The van der Waals surface area contributed by atoms with E-state index in [1.165, 1.54) is 50.4 Å². The Morgan fingerprint density at radius 3 is 2.22 bits per heavy atom. The van der Waals surface area contributed by atoms with E-state index in [1.54, 1.807) is 0 Å². The minimum Gasteiger partial charge on any atom is -0.480 e. The third-order valence-corrected chi connectivity index (χ3v) is 8.38. The summed E-state index contributed by atoms with van der Waals surface area (Å²) in [5.74, 6) is -6.23. The first-order chi connectivity index (χ1) is 22.9. The fourth-order valence-electron chi connectivity index (χ4n) is 5.84. The number of carbonyl (C=O) groups excluding carboxylic acids is 1. The number of anilines is 1. The smallest absolute Gasteiger partial charge is 0.417 e. The van der Waals surface area contributed by atoms with Gasteiger partial charge in [0.15, 0.2) is 0 Å². The fraction of sp³-hybridized carbons (Fsp3) is 0.303. The van der Waals surface area contributed by atoms with Gasteiger partial charge in [-0.3, -0.25) is 9.59 Å². The molecule has 260 valence electrons. The molecule has 4 aromatic rings. The van der Waals surface area contributed by atoms with Crippen molar-refractivity contribution in [2.75, 3.05) is 24.7 Å². The van der Waals surface area contributed by atoms with Gasteiger partial charge in [-0.15, -0.1) is 0 Å². The van der Waals surface area contributed by atoms with Gasteiger partial charge in [-0.25, -0.2) is 13.6 Å². The molecule has 0 bridgehead atoms. The first-order valence-electron chi connectivity index (χ1n) is 14.6. The monoisotopic (exact) mass is 697 g/mol. The highest BCUT2D eigenvalue weighted by atomic mass is 19.4. The van der Waals surface area contributed by atoms with Crippen molar-refractivity contribution < 1.29 is 54.6 Å². The number of hydrogen-bond acceptors (Lipinski definition) is 5. The van der Waals surface area contributed by atoms with E-state index in [9.17, 15) is 45.8 Å². The molecule has 49 heavy (non-hydrogen) atoms. The zero-order chi connectivity index (χ0) is 36.0. The summed E-state index contributed by atoms with van der Waals surface area (Å²) < 4.78 is 119. The number of aryl methyl sites for hydroxylation is 1. The quantitative estimate of drug-likeness (QED) is 0.230. The molecule has 2 atom stereocenters. The van der Waals surface area contributed by atoms with Crippen molar-refractivity contribution in [3.05, 3.63) is 99.0 Å². The predicted molar refractivity (Wildman–Crippen MR) is 161 cm³/mol. The number of nitrogens with one attached hydrogen (secondary N) is 1. The van der Waals surface area contributed by atoms with Crippen LogP contribution in [0.25, 0.3) is 21.9 Å². The van der Waals surface area contributed by atoms with Crippen molar-refractivity contribution in [2.45, 2.75) is 37.8 Å². The number of aromatic nitrogens is 1. The van der Waals surface area contributed by atoms with E-state index < -0.39 is 88.9 Å². The average molecular weight is 698 g/mol. The van der Waals surface area contributed by atoms with Gasteiger partial charge in [-0.1, -0.05) is 36.4 Å². The van der Waals surface area contributed by atoms with Gasteiger partial charge in [0, 0.05) is 31.4 Å². The number of fused-ring (bicyclic) bond motifs is 1. The Morgan fingerprint density at radius 1 is 1.00 bits per heavy atom. The third kappa shape index (κ3) is 6.95. The normalized spacial score (nSPS) is 16.1. The summed E-state index contributed by atoms with van der Waals surface area (Å²) >= 11 is 0. The molecule has 8 nitrogen and oxygen atoms in total. The van der Waals surface area contributed by atoms with Crippen LogP contribution in [0, 0.1) is 18.6 Å². The van der Waals surface area contributed by atoms with Crippen molar-refractivity contribution in [1.82, 2.24) is 9.88 Å². The van der Waals surface area contributed by atoms with Gasteiger partial charge in [-0.2, -0.15) is 26.3 Å². The zero-order valence-electron chi connectivity index (χ0n) is 25.7. The Kier molecular flexibility index (Phi) is 9.47. The van der Waals surface area contributed by atoms with E-state index >= 15 is 8.78 Å². The molecule has 1 aliphatic heterocycles. The lowest BCUT2D eigenvalue weighted by atomic mass is 9.90. The van der Waals surface area contributed by atoms with Gasteiger partial charge in [0.05, 0.1) is 24.3 Å². The van der Waals surface area contributed by atoms with Crippen molar-refractivity contribution in [1.29, 1.82) is 0 Å². The summed E-state index contributed by atoms with van der Waals surface area (Å²) in [4.78, 5) is 39.1. The summed E-state index contributed by atoms with van der Waals surface area (Å²) in [6.07, 6.45) is -10.2. The molecule has 3 aromatic carbocycles. The van der Waals surface area contributed by atoms with Crippen LogP contribution in [0.2, 0.25) is 0 Å². The second-order valence-corrected chi connectivity index (χ2v) is 11.4. The number of hydrogen-bond donors (Lipinski definition) is 2. The summed E-state index contributed by atoms with van der Waals surface area (Å²) in [6.45, 7) is 0.0646. The van der Waals surface area contributed by atoms with Gasteiger partial charge in [0.2, 0.25) is 0 Å². The lowest BCUT2D eigenvalue weighted by molar-refractivity contribution is -0.167. The van der Waals surface area contributed by atoms with Crippen LogP contribution in [0.15, 0.2) is 59.4 Å². The number of nitrogens with zero attached hydrogens (tertiary/aromatic N) is 2. The van der Waals surface area contributed by atoms with Crippen LogP contribution >= 0.6 is 0 Å². The first kappa shape index (κ1) is 35.3. The Morgan fingerprint density at radius 2 is 1.63 bits per heavy atom. The zero-order valence-corrected chi connectivity index (χ0v) is 25.7. The number of amides is 1. The number of benzene rings is 3. The molecule has 5 rings (SSSR count). The lowest BCUT2D eigenvalue weighted by Gasteiger charge is -2.38. The van der Waals surface area contributed by atoms with Crippen LogP contribution in [0.5, 0.6) is 0 Å². The molecule has 0 radical (unpaired) electrons. The molecule has 2 N–H and O–H groups in total. The molecule has 1 aliphatic rings. The highest BCUT2D eigenvalue weighted by Gasteiger charge is 2.46. The van der Waals surface area contributed by atoms with Crippen molar-refractivity contribution in [2.24, 2.45) is 7.05 Å². The lowest BCUT2D eigenvalue weighted by Crippen LogP contribution is -2.53. The second kappa shape index (κ2) is 13.1. The number of halogens is 8. The molecule has 1 fully saturated rings. The molecule has 0 saturated carbocycles. The third-order valence-electron chi connectivity index (χ3n) is 8.38. The molecule has 16 heteroatoms. The van der Waals surface area contributed by atoms with Gasteiger partial charge >= 0.3 is 18.3 Å². The molecule has 0 spiro atoms. The molecule has 1 amide bonds. The van der Waals surface area contributed by atoms with E-state index in [0.717, 1.165) is 10.6 Å². The van der Waals surface area contributed by atoms with Crippen LogP contribution in [0.1, 0.15) is 27.2 Å². The standard InChI is InChI=1S/C33H27F8N3O5/c1-16-11-22(32(36,37)38)27(30(46)43(16)2)21-8-7-17(19-5-3-4-6-20(19)21)12-25(31(47)48)42-29(45)28-23(34)13-18(14-24(28)35)44-9-10-49-15-26(44)33(39,40)41/h3-8,11,13-14,25-26H,9-10,12,15H2,1-2H3,(H,42,45)(H,47,48)/t25-,26+/m0/s1. The van der Waals surface area contributed by atoms with Crippen molar-refractivity contribution in [3.8, 4) is 11.1 Å². The van der Waals surface area contributed by atoms with Crippen LogP contribution in [-0.2, 0) is 29.2 Å². The number of alkyl halides is 6. The summed E-state index contributed by atoms with van der Waals surface area (Å²) in [5, 5.41) is 12.3. The summed E-state index contributed by atoms with van der Waals surface area (Å²) in [5.41, 5.74) is -4.27. The number of rotatable bonds is 7. The number of pyridine rings is 1. The number of carboxylic acid groups (broad SMARTS) is 1. The molecular weight excluding hydrogens is 670 g/mol. The largest absolute Gasteiger partial charge is 0.480 e. The van der Waals surface area contributed by atoms with Crippen LogP contribution in [0.4, 0.5) is 40.8 Å². The van der Waals surface area contributed by atoms with E-state index in [4.69, 9.17) is 4.74 Å². The SMILES string of the molecule is Cc1cc(C(F)(F)F)c(-c2ccc(C[C@H](NC(=O)c3c(F)cc(N4CCOC[C@@H]4C(F)(F)F)cc3F)C(=O)O)c3ccccc23)c(=O)n1C. The summed E-state index contributed by atoms with van der Waals surface area (Å²) in [6, 6.07) is 6.32. The minimum atomic E-state index is -4.89. The van der Waals surface area contributed by atoms with Gasteiger partial charge in [0.25, 0.3) is 11.5 Å². The molecule has 0 unspecified atom stereocenters. The highest BCUT2D eigenvalue weighted by molar-refractivity contribution is 6.00. The van der Waals surface area contributed by atoms with Crippen LogP contribution in [0.3, 0.4) is 0 Å². The number of carbonyl (C=O) groups is 2. The molecular formula is C33H27F8N3O5. The van der Waals surface area contributed by atoms with Crippen molar-refractivity contribution in [3.63, 3.8) is 0 Å². The number of morpholine rings is 1. The first-order valence-corrected chi connectivity index (χ1v) is 14.6. The maximum atomic E-state index is 15.1. The molecule has 0 aliphatic carbocycles. The van der Waals surface area contributed by atoms with E-state index in [0.29, 0.717) is 17.0 Å². The summed E-state index contributed by atoms with van der Waals surface area (Å²) in [7, 11) is 1.32. The number of carboxylic acids is 1. The average Bonchev–Trinajstić information content (AvgIpc) is 3.02. The van der Waals surface area contributed by atoms with E-state index in [2.05, 4.69) is 0 Å². The molecule has 1 saturated heterocycles. The maximum absolute atomic E-state index is 15.1. The van der Waals surface area contributed by atoms with Crippen LogP contribution in [-0.4, -0.2) is 59.6 Å². The van der Waals surface area contributed by atoms with Gasteiger partial charge in [-0.05, 0) is 47.0 Å².